The molecular weight excluding hydrogens is 190 g/mol. The lowest BCUT2D eigenvalue weighted by molar-refractivity contribution is 0.112. The molecule has 1 rings (SSSR count). The van der Waals surface area contributed by atoms with Gasteiger partial charge in [0.1, 0.15) is 13.4 Å². The van der Waals surface area contributed by atoms with Crippen LogP contribution >= 0.6 is 0 Å². The van der Waals surface area contributed by atoms with Gasteiger partial charge in [0.2, 0.25) is 0 Å². The van der Waals surface area contributed by atoms with Crippen molar-refractivity contribution in [3.63, 3.8) is 0 Å². The summed E-state index contributed by atoms with van der Waals surface area (Å²) in [5.41, 5.74) is 2.01. The van der Waals surface area contributed by atoms with Crippen LogP contribution in [0.3, 0.4) is 0 Å². The van der Waals surface area contributed by atoms with Crippen LogP contribution in [0.1, 0.15) is 22.8 Å². The summed E-state index contributed by atoms with van der Waals surface area (Å²) in [6, 6.07) is 6.99. The predicted octanol–water partition coefficient (Wildman–Crippen LogP) is 1.87. The van der Waals surface area contributed by atoms with Gasteiger partial charge in [0, 0.05) is 11.1 Å². The summed E-state index contributed by atoms with van der Waals surface area (Å²) in [5.74, 6) is 5.57. The third-order valence-electron chi connectivity index (χ3n) is 1.75. The number of carbonyl (C=O) groups is 1. The second kappa shape index (κ2) is 5.61. The van der Waals surface area contributed by atoms with Gasteiger partial charge in [-0.05, 0) is 12.8 Å². The van der Waals surface area contributed by atoms with Gasteiger partial charge in [-0.2, -0.15) is 0 Å². The topological polar surface area (TPSA) is 38.7 Å². The number of carbonyl (C=O) groups excluding carboxylic acids is 1. The number of hydrogen-bond donors (Lipinski definition) is 0. The van der Waals surface area contributed by atoms with E-state index in [-0.39, 0.29) is 0 Å². The molecule has 3 nitrogen and oxygen atoms in total. The van der Waals surface area contributed by atoms with Crippen molar-refractivity contribution in [3.8, 4) is 11.8 Å². The number of aldehydes is 1. The highest BCUT2D eigenvalue weighted by Crippen LogP contribution is 2.04. The Balaban J connectivity index is 3.05. The summed E-state index contributed by atoms with van der Waals surface area (Å²) in [6.07, 6.45) is 0.794. The normalized spacial score (nSPS) is 10.1. The molecule has 76 valence electrons. The molecule has 0 aromatic heterocycles. The van der Waals surface area contributed by atoms with E-state index in [1.807, 2.05) is 0 Å². The highest BCUT2D eigenvalue weighted by atomic mass is 16.6. The molecule has 0 aliphatic rings. The summed E-state index contributed by atoms with van der Waals surface area (Å²) >= 11 is 0. The Morgan fingerprint density at radius 3 is 2.53 bits per heavy atom. The first-order valence-corrected chi connectivity index (χ1v) is 4.41. The minimum Gasteiger partial charge on any atom is -0.398 e. The van der Waals surface area contributed by atoms with Gasteiger partial charge in [-0.15, -0.1) is 0 Å². The van der Waals surface area contributed by atoms with E-state index in [4.69, 9.17) is 0 Å². The first-order chi connectivity index (χ1) is 7.31. The van der Waals surface area contributed by atoms with Crippen LogP contribution in [0.15, 0.2) is 29.4 Å². The van der Waals surface area contributed by atoms with Gasteiger partial charge in [-0.1, -0.05) is 35.3 Å². The van der Waals surface area contributed by atoms with E-state index in [0.29, 0.717) is 11.3 Å². The molecule has 1 aromatic rings. The Morgan fingerprint density at radius 2 is 2.07 bits per heavy atom. The molecule has 0 unspecified atom stereocenters. The summed E-state index contributed by atoms with van der Waals surface area (Å²) in [5, 5.41) is 3.79. The van der Waals surface area contributed by atoms with Crippen LogP contribution in [-0.4, -0.2) is 19.1 Å². The zero-order chi connectivity index (χ0) is 11.1. The molecule has 0 saturated carbocycles. The summed E-state index contributed by atoms with van der Waals surface area (Å²) in [4.78, 5) is 15.1. The molecule has 0 radical (unpaired) electrons. The number of oxime groups is 1. The fourth-order valence-electron chi connectivity index (χ4n) is 1.08. The van der Waals surface area contributed by atoms with E-state index < -0.39 is 0 Å². The third-order valence-corrected chi connectivity index (χ3v) is 1.75. The number of hydrogen-bond acceptors (Lipinski definition) is 3. The largest absolute Gasteiger partial charge is 0.398 e. The maximum atomic E-state index is 10.5. The molecule has 0 amide bonds. The van der Waals surface area contributed by atoms with Gasteiger partial charge < -0.3 is 4.84 Å². The van der Waals surface area contributed by atoms with Gasteiger partial charge in [0.05, 0.1) is 0 Å². The Labute approximate surface area is 88.7 Å². The van der Waals surface area contributed by atoms with Crippen molar-refractivity contribution in [2.45, 2.75) is 6.92 Å². The number of nitrogens with zero attached hydrogens (tertiary/aromatic N) is 1. The van der Waals surface area contributed by atoms with E-state index in [1.54, 1.807) is 31.2 Å². The van der Waals surface area contributed by atoms with E-state index in [0.717, 1.165) is 11.8 Å². The highest BCUT2D eigenvalue weighted by Gasteiger charge is 2.00. The van der Waals surface area contributed by atoms with Crippen molar-refractivity contribution in [1.29, 1.82) is 0 Å². The highest BCUT2D eigenvalue weighted by molar-refractivity contribution is 6.12. The van der Waals surface area contributed by atoms with E-state index in [2.05, 4.69) is 21.8 Å². The molecule has 0 fully saturated rings. The maximum absolute atomic E-state index is 10.5. The monoisotopic (exact) mass is 201 g/mol. The Hall–Kier alpha value is -2.08. The Morgan fingerprint density at radius 1 is 1.40 bits per heavy atom. The zero-order valence-corrected chi connectivity index (χ0v) is 8.65. The van der Waals surface area contributed by atoms with Crippen molar-refractivity contribution in [2.24, 2.45) is 5.16 Å². The first kappa shape index (κ1) is 11.0. The van der Waals surface area contributed by atoms with Crippen molar-refractivity contribution in [2.75, 3.05) is 7.11 Å². The molecule has 0 bridgehead atoms. The van der Waals surface area contributed by atoms with Gasteiger partial charge in [-0.3, -0.25) is 4.79 Å². The van der Waals surface area contributed by atoms with Crippen molar-refractivity contribution in [3.05, 3.63) is 35.4 Å². The van der Waals surface area contributed by atoms with Crippen LogP contribution in [0.4, 0.5) is 0 Å². The molecule has 15 heavy (non-hydrogen) atoms. The van der Waals surface area contributed by atoms with Crippen LogP contribution in [-0.2, 0) is 4.84 Å². The summed E-state index contributed by atoms with van der Waals surface area (Å²) < 4.78 is 0. The average Bonchev–Trinajstić information content (AvgIpc) is 2.29. The summed E-state index contributed by atoms with van der Waals surface area (Å²) in [7, 11) is 1.47. The fourth-order valence-corrected chi connectivity index (χ4v) is 1.08. The van der Waals surface area contributed by atoms with Crippen LogP contribution in [0.5, 0.6) is 0 Å². The molecule has 0 aliphatic carbocycles. The minimum absolute atomic E-state index is 0.553. The lowest BCUT2D eigenvalue weighted by Crippen LogP contribution is -1.98. The standard InChI is InChI=1S/C12H11NO2/c1-3-4-12(13-15-2)11-7-5-10(9-14)6-8-11/h5-9H,1-2H3. The van der Waals surface area contributed by atoms with Crippen LogP contribution in [0, 0.1) is 11.8 Å². The number of rotatable bonds is 3. The zero-order valence-electron chi connectivity index (χ0n) is 8.65. The Bertz CT molecular complexity index is 421. The molecule has 1 aromatic carbocycles. The predicted molar refractivity (Wildman–Crippen MR) is 58.8 cm³/mol. The van der Waals surface area contributed by atoms with Crippen molar-refractivity contribution < 1.29 is 9.63 Å². The molecule has 0 N–H and O–H groups in total. The lowest BCUT2D eigenvalue weighted by Gasteiger charge is -1.98. The molecule has 0 spiro atoms. The number of benzene rings is 1. The van der Waals surface area contributed by atoms with Gasteiger partial charge in [0.25, 0.3) is 0 Å². The van der Waals surface area contributed by atoms with E-state index in [1.165, 1.54) is 7.11 Å². The first-order valence-electron chi connectivity index (χ1n) is 4.41. The van der Waals surface area contributed by atoms with Crippen LogP contribution in [0.2, 0.25) is 0 Å². The van der Waals surface area contributed by atoms with Gasteiger partial charge >= 0.3 is 0 Å². The maximum Gasteiger partial charge on any atom is 0.159 e. The second-order valence-corrected chi connectivity index (χ2v) is 2.74. The molecular formula is C12H11NO2. The Kier molecular flexibility index (Phi) is 4.11. The second-order valence-electron chi connectivity index (χ2n) is 2.74. The van der Waals surface area contributed by atoms with E-state index >= 15 is 0 Å². The molecule has 3 heteroatoms. The lowest BCUT2D eigenvalue weighted by atomic mass is 10.1. The fraction of sp³-hybridized carbons (Fsp3) is 0.167. The minimum atomic E-state index is 0.553. The molecule has 0 saturated heterocycles. The smallest absolute Gasteiger partial charge is 0.159 e. The van der Waals surface area contributed by atoms with Crippen LogP contribution in [0.25, 0.3) is 0 Å². The average molecular weight is 201 g/mol. The quantitative estimate of drug-likeness (QED) is 0.324. The molecule has 0 atom stereocenters. The van der Waals surface area contributed by atoms with Gasteiger partial charge in [-0.25, -0.2) is 0 Å². The van der Waals surface area contributed by atoms with Gasteiger partial charge in [0.15, 0.2) is 5.71 Å². The van der Waals surface area contributed by atoms with Crippen LogP contribution < -0.4 is 0 Å². The van der Waals surface area contributed by atoms with Crippen molar-refractivity contribution in [1.82, 2.24) is 0 Å². The SMILES string of the molecule is CC#CC(=NOC)c1ccc(C=O)cc1. The molecule has 0 aliphatic heterocycles. The van der Waals surface area contributed by atoms with E-state index in [9.17, 15) is 4.79 Å². The third kappa shape index (κ3) is 2.96. The van der Waals surface area contributed by atoms with Crippen molar-refractivity contribution >= 4 is 12.0 Å². The summed E-state index contributed by atoms with van der Waals surface area (Å²) in [6.45, 7) is 1.73. The molecule has 0 heterocycles.